The summed E-state index contributed by atoms with van der Waals surface area (Å²) in [5.41, 5.74) is 10.6. The zero-order chi connectivity index (χ0) is 20.2. The standard InChI is InChI=1S/C21H22N6O2S/c22-18-17(21(28)25-15-3-8-30-19(15)18)20-23-14-2-1-12(9-16(14)24-20)26-4-6-27(7-5-26)13-10-29-11-13/h1-3,8-9,13H,4-7,10-11H2,(H,23,24)(H3,22,25,28). The largest absolute Gasteiger partial charge is 0.397 e. The van der Waals surface area contributed by atoms with Crippen molar-refractivity contribution in [3.63, 3.8) is 0 Å². The first kappa shape index (κ1) is 17.9. The second-order valence-corrected chi connectivity index (χ2v) is 8.82. The maximum Gasteiger partial charge on any atom is 0.261 e. The molecule has 0 unspecified atom stereocenters. The molecule has 1 aromatic carbocycles. The van der Waals surface area contributed by atoms with E-state index < -0.39 is 0 Å². The number of aromatic amines is 2. The molecule has 5 heterocycles. The van der Waals surface area contributed by atoms with Crippen molar-refractivity contribution in [3.05, 3.63) is 40.0 Å². The lowest BCUT2D eigenvalue weighted by Gasteiger charge is -2.43. The van der Waals surface area contributed by atoms with Gasteiger partial charge >= 0.3 is 0 Å². The van der Waals surface area contributed by atoms with Gasteiger partial charge in [-0.3, -0.25) is 9.69 Å². The third-order valence-electron chi connectivity index (χ3n) is 6.17. The number of ether oxygens (including phenoxy) is 1. The fourth-order valence-corrected chi connectivity index (χ4v) is 5.18. The number of nitrogen functional groups attached to an aromatic ring is 1. The van der Waals surface area contributed by atoms with Crippen molar-refractivity contribution >= 4 is 44.0 Å². The van der Waals surface area contributed by atoms with Crippen molar-refractivity contribution < 1.29 is 4.74 Å². The quantitative estimate of drug-likeness (QED) is 0.468. The molecule has 154 valence electrons. The van der Waals surface area contributed by atoms with E-state index in [2.05, 4.69) is 36.9 Å². The van der Waals surface area contributed by atoms with E-state index in [1.54, 1.807) is 0 Å². The van der Waals surface area contributed by atoms with Crippen molar-refractivity contribution in [2.24, 2.45) is 0 Å². The molecular weight excluding hydrogens is 400 g/mol. The Balaban J connectivity index is 1.31. The topological polar surface area (TPSA) is 103 Å². The second-order valence-electron chi connectivity index (χ2n) is 7.91. The van der Waals surface area contributed by atoms with Gasteiger partial charge in [0.1, 0.15) is 11.4 Å². The first-order valence-electron chi connectivity index (χ1n) is 10.1. The number of benzene rings is 1. The van der Waals surface area contributed by atoms with Crippen LogP contribution in [0.2, 0.25) is 0 Å². The van der Waals surface area contributed by atoms with Gasteiger partial charge in [-0.1, -0.05) is 0 Å². The van der Waals surface area contributed by atoms with Crippen LogP contribution in [0.3, 0.4) is 0 Å². The number of rotatable bonds is 3. The van der Waals surface area contributed by atoms with Crippen molar-refractivity contribution in [3.8, 4) is 11.4 Å². The molecular formula is C21H22N6O2S. The number of anilines is 2. The normalized spacial score (nSPS) is 18.3. The van der Waals surface area contributed by atoms with Gasteiger partial charge in [0, 0.05) is 31.9 Å². The van der Waals surface area contributed by atoms with E-state index in [1.165, 1.54) is 11.3 Å². The molecule has 0 aliphatic carbocycles. The minimum atomic E-state index is -0.228. The Labute approximate surface area is 176 Å². The number of fused-ring (bicyclic) bond motifs is 2. The molecule has 2 aliphatic rings. The zero-order valence-corrected chi connectivity index (χ0v) is 17.2. The van der Waals surface area contributed by atoms with E-state index >= 15 is 0 Å². The first-order valence-corrected chi connectivity index (χ1v) is 11.0. The Morgan fingerprint density at radius 1 is 1.10 bits per heavy atom. The molecule has 0 spiro atoms. The molecule has 2 saturated heterocycles. The fraction of sp³-hybridized carbons (Fsp3) is 0.333. The van der Waals surface area contributed by atoms with Crippen LogP contribution in [0.5, 0.6) is 0 Å². The van der Waals surface area contributed by atoms with Gasteiger partial charge in [0.25, 0.3) is 5.56 Å². The molecule has 4 N–H and O–H groups in total. The predicted molar refractivity (Wildman–Crippen MR) is 120 cm³/mol. The fourth-order valence-electron chi connectivity index (χ4n) is 4.36. The van der Waals surface area contributed by atoms with Gasteiger partial charge in [-0.25, -0.2) is 4.98 Å². The van der Waals surface area contributed by atoms with Crippen LogP contribution < -0.4 is 16.2 Å². The van der Waals surface area contributed by atoms with Gasteiger partial charge in [0.15, 0.2) is 0 Å². The van der Waals surface area contributed by atoms with Crippen molar-refractivity contribution in [2.75, 3.05) is 50.0 Å². The maximum absolute atomic E-state index is 12.6. The Kier molecular flexibility index (Phi) is 4.08. The lowest BCUT2D eigenvalue weighted by atomic mass is 10.1. The summed E-state index contributed by atoms with van der Waals surface area (Å²) in [5, 5.41) is 1.92. The lowest BCUT2D eigenvalue weighted by molar-refractivity contribution is -0.0660. The summed E-state index contributed by atoms with van der Waals surface area (Å²) < 4.78 is 6.20. The second kappa shape index (κ2) is 6.83. The molecule has 0 radical (unpaired) electrons. The van der Waals surface area contributed by atoms with Crippen LogP contribution in [-0.4, -0.2) is 65.3 Å². The third-order valence-corrected chi connectivity index (χ3v) is 7.12. The smallest absolute Gasteiger partial charge is 0.261 e. The molecule has 0 amide bonds. The third kappa shape index (κ3) is 2.81. The molecule has 8 nitrogen and oxygen atoms in total. The average molecular weight is 423 g/mol. The van der Waals surface area contributed by atoms with Crippen LogP contribution in [0.15, 0.2) is 34.4 Å². The lowest BCUT2D eigenvalue weighted by Crippen LogP contribution is -2.56. The van der Waals surface area contributed by atoms with E-state index in [9.17, 15) is 4.79 Å². The number of imidazole rings is 1. The molecule has 9 heteroatoms. The van der Waals surface area contributed by atoms with E-state index in [0.29, 0.717) is 23.1 Å². The Morgan fingerprint density at radius 3 is 2.70 bits per heavy atom. The molecule has 0 atom stereocenters. The van der Waals surface area contributed by atoms with Gasteiger partial charge < -0.3 is 25.3 Å². The van der Waals surface area contributed by atoms with Crippen molar-refractivity contribution in [1.82, 2.24) is 19.9 Å². The van der Waals surface area contributed by atoms with Crippen LogP contribution in [-0.2, 0) is 4.74 Å². The summed E-state index contributed by atoms with van der Waals surface area (Å²) in [5.74, 6) is 0.506. The number of pyridine rings is 1. The Bertz CT molecular complexity index is 1300. The number of H-pyrrole nitrogens is 2. The average Bonchev–Trinajstić information content (AvgIpc) is 3.33. The van der Waals surface area contributed by atoms with Gasteiger partial charge in [-0.15, -0.1) is 11.3 Å². The number of nitrogens with zero attached hydrogens (tertiary/aromatic N) is 3. The van der Waals surface area contributed by atoms with Crippen molar-refractivity contribution in [2.45, 2.75) is 6.04 Å². The summed E-state index contributed by atoms with van der Waals surface area (Å²) in [4.78, 5) is 28.4. The summed E-state index contributed by atoms with van der Waals surface area (Å²) in [6.45, 7) is 5.81. The number of nitrogens with two attached hydrogens (primary N) is 1. The number of thiophene rings is 1. The molecule has 0 saturated carbocycles. The number of hydrogen-bond donors (Lipinski definition) is 3. The number of aromatic nitrogens is 3. The van der Waals surface area contributed by atoms with Gasteiger partial charge in [-0.2, -0.15) is 0 Å². The number of nitrogens with one attached hydrogen (secondary N) is 2. The van der Waals surface area contributed by atoms with E-state index in [4.69, 9.17) is 10.5 Å². The van der Waals surface area contributed by atoms with Gasteiger partial charge in [-0.05, 0) is 29.6 Å². The summed E-state index contributed by atoms with van der Waals surface area (Å²) in [6.07, 6.45) is 0. The van der Waals surface area contributed by atoms with E-state index in [1.807, 2.05) is 17.5 Å². The summed E-state index contributed by atoms with van der Waals surface area (Å²) in [6, 6.07) is 8.68. The van der Waals surface area contributed by atoms with Crippen LogP contribution in [0, 0.1) is 0 Å². The van der Waals surface area contributed by atoms with Crippen molar-refractivity contribution in [1.29, 1.82) is 0 Å². The molecule has 30 heavy (non-hydrogen) atoms. The SMILES string of the molecule is Nc1c(-c2nc3ccc(N4CCN(C5COC5)CC4)cc3[nH]2)c(=O)[nH]c2ccsc12. The maximum atomic E-state index is 12.6. The van der Waals surface area contributed by atoms with E-state index in [0.717, 1.165) is 66.3 Å². The minimum Gasteiger partial charge on any atom is -0.397 e. The van der Waals surface area contributed by atoms with Crippen LogP contribution in [0.25, 0.3) is 32.6 Å². The number of piperazine rings is 1. The van der Waals surface area contributed by atoms with Crippen LogP contribution in [0.1, 0.15) is 0 Å². The molecule has 0 bridgehead atoms. The highest BCUT2D eigenvalue weighted by Gasteiger charge is 2.29. The minimum absolute atomic E-state index is 0.228. The Morgan fingerprint density at radius 2 is 1.93 bits per heavy atom. The molecule has 2 aliphatic heterocycles. The monoisotopic (exact) mass is 422 g/mol. The highest BCUT2D eigenvalue weighted by Crippen LogP contribution is 2.32. The molecule has 4 aromatic rings. The highest BCUT2D eigenvalue weighted by molar-refractivity contribution is 7.17. The Hall–Kier alpha value is -2.88. The molecule has 6 rings (SSSR count). The number of hydrogen-bond acceptors (Lipinski definition) is 7. The summed E-state index contributed by atoms with van der Waals surface area (Å²) in [7, 11) is 0. The first-order chi connectivity index (χ1) is 14.7. The molecule has 3 aromatic heterocycles. The van der Waals surface area contributed by atoms with Crippen LogP contribution >= 0.6 is 11.3 Å². The predicted octanol–water partition coefficient (Wildman–Crippen LogP) is 2.24. The van der Waals surface area contributed by atoms with E-state index in [-0.39, 0.29) is 5.56 Å². The van der Waals surface area contributed by atoms with Crippen LogP contribution in [0.4, 0.5) is 11.4 Å². The zero-order valence-electron chi connectivity index (χ0n) is 16.4. The van der Waals surface area contributed by atoms with Gasteiger partial charge in [0.05, 0.1) is 46.2 Å². The summed E-state index contributed by atoms with van der Waals surface area (Å²) >= 11 is 1.51. The molecule has 2 fully saturated rings. The highest BCUT2D eigenvalue weighted by atomic mass is 32.1. The van der Waals surface area contributed by atoms with Gasteiger partial charge in [0.2, 0.25) is 0 Å².